The minimum atomic E-state index is -0.145. The van der Waals surface area contributed by atoms with Crippen LogP contribution in [0.2, 0.25) is 0 Å². The zero-order valence-electron chi connectivity index (χ0n) is 11.5. The summed E-state index contributed by atoms with van der Waals surface area (Å²) in [4.78, 5) is 0. The summed E-state index contributed by atoms with van der Waals surface area (Å²) in [6.45, 7) is 6.87. The number of ether oxygens (including phenoxy) is 1. The topological polar surface area (TPSA) is 74.2 Å². The smallest absolute Gasteiger partial charge is 0.253 e. The van der Waals surface area contributed by atoms with Gasteiger partial charge >= 0.3 is 0 Å². The van der Waals surface area contributed by atoms with Gasteiger partial charge < -0.3 is 14.9 Å². The van der Waals surface area contributed by atoms with Crippen molar-refractivity contribution in [3.8, 4) is 5.75 Å². The molecule has 1 aromatic carbocycles. The van der Waals surface area contributed by atoms with Crippen LogP contribution in [0.1, 0.15) is 38.1 Å². The second-order valence-corrected chi connectivity index (χ2v) is 5.39. The maximum atomic E-state index is 5.58. The highest BCUT2D eigenvalue weighted by Gasteiger charge is 2.21. The van der Waals surface area contributed by atoms with E-state index in [9.17, 15) is 0 Å². The number of aromatic nitrogens is 2. The van der Waals surface area contributed by atoms with Gasteiger partial charge in [0.05, 0.1) is 0 Å². The quantitative estimate of drug-likeness (QED) is 0.914. The van der Waals surface area contributed by atoms with Crippen molar-refractivity contribution in [1.29, 1.82) is 0 Å². The first-order chi connectivity index (χ1) is 8.99. The SMILES string of the molecule is CC(C)(C)c1nnc(COc2ccc(CN)cc2)o1. The first-order valence-corrected chi connectivity index (χ1v) is 6.23. The minimum absolute atomic E-state index is 0.145. The van der Waals surface area contributed by atoms with Gasteiger partial charge in [-0.2, -0.15) is 0 Å². The zero-order chi connectivity index (χ0) is 13.9. The average molecular weight is 261 g/mol. The predicted octanol–water partition coefficient (Wildman–Crippen LogP) is 2.40. The number of nitrogens with two attached hydrogens (primary N) is 1. The van der Waals surface area contributed by atoms with Crippen LogP contribution < -0.4 is 10.5 Å². The highest BCUT2D eigenvalue weighted by molar-refractivity contribution is 5.27. The van der Waals surface area contributed by atoms with E-state index in [1.165, 1.54) is 0 Å². The van der Waals surface area contributed by atoms with Crippen LogP contribution in [0, 0.1) is 0 Å². The molecule has 1 aromatic heterocycles. The molecule has 102 valence electrons. The van der Waals surface area contributed by atoms with Gasteiger partial charge in [0.2, 0.25) is 5.89 Å². The summed E-state index contributed by atoms with van der Waals surface area (Å²) < 4.78 is 11.1. The molecule has 0 amide bonds. The van der Waals surface area contributed by atoms with E-state index in [1.54, 1.807) is 0 Å². The van der Waals surface area contributed by atoms with E-state index < -0.39 is 0 Å². The van der Waals surface area contributed by atoms with Crippen molar-refractivity contribution >= 4 is 0 Å². The molecule has 0 aliphatic carbocycles. The molecule has 0 atom stereocenters. The van der Waals surface area contributed by atoms with Crippen molar-refractivity contribution < 1.29 is 9.15 Å². The third-order valence-corrected chi connectivity index (χ3v) is 2.63. The van der Waals surface area contributed by atoms with Gasteiger partial charge in [0, 0.05) is 12.0 Å². The molecule has 0 bridgehead atoms. The highest BCUT2D eigenvalue weighted by atomic mass is 16.5. The van der Waals surface area contributed by atoms with Crippen LogP contribution in [0.5, 0.6) is 5.75 Å². The second-order valence-electron chi connectivity index (χ2n) is 5.39. The number of rotatable bonds is 4. The Balaban J connectivity index is 1.96. The van der Waals surface area contributed by atoms with Gasteiger partial charge in [-0.25, -0.2) is 0 Å². The van der Waals surface area contributed by atoms with Crippen LogP contribution >= 0.6 is 0 Å². The normalized spacial score (nSPS) is 11.6. The fourth-order valence-corrected chi connectivity index (χ4v) is 1.48. The maximum absolute atomic E-state index is 5.58. The summed E-state index contributed by atoms with van der Waals surface area (Å²) in [6, 6.07) is 7.62. The molecule has 0 fully saturated rings. The van der Waals surface area contributed by atoms with Crippen molar-refractivity contribution in [2.75, 3.05) is 0 Å². The van der Waals surface area contributed by atoms with E-state index in [-0.39, 0.29) is 12.0 Å². The Hall–Kier alpha value is -1.88. The fraction of sp³-hybridized carbons (Fsp3) is 0.429. The van der Waals surface area contributed by atoms with E-state index in [2.05, 4.69) is 10.2 Å². The first kappa shape index (κ1) is 13.5. The summed E-state index contributed by atoms with van der Waals surface area (Å²) in [5.41, 5.74) is 6.46. The van der Waals surface area contributed by atoms with Gasteiger partial charge in [0.1, 0.15) is 5.75 Å². The molecule has 2 rings (SSSR count). The number of hydrogen-bond acceptors (Lipinski definition) is 5. The van der Waals surface area contributed by atoms with E-state index in [4.69, 9.17) is 14.9 Å². The lowest BCUT2D eigenvalue weighted by molar-refractivity contribution is 0.251. The summed E-state index contributed by atoms with van der Waals surface area (Å²) >= 11 is 0. The molecule has 0 aliphatic heterocycles. The van der Waals surface area contributed by atoms with Crippen LogP contribution in [-0.4, -0.2) is 10.2 Å². The molecule has 0 saturated carbocycles. The Morgan fingerprint density at radius 2 is 1.84 bits per heavy atom. The summed E-state index contributed by atoms with van der Waals surface area (Å²) in [6.07, 6.45) is 0. The van der Waals surface area contributed by atoms with Gasteiger partial charge in [-0.15, -0.1) is 10.2 Å². The van der Waals surface area contributed by atoms with Crippen molar-refractivity contribution in [1.82, 2.24) is 10.2 Å². The van der Waals surface area contributed by atoms with Gasteiger partial charge in [-0.1, -0.05) is 32.9 Å². The largest absolute Gasteiger partial charge is 0.484 e. The summed E-state index contributed by atoms with van der Waals surface area (Å²) in [7, 11) is 0. The Bertz CT molecular complexity index is 526. The van der Waals surface area contributed by atoms with Crippen molar-refractivity contribution in [3.05, 3.63) is 41.6 Å². The van der Waals surface area contributed by atoms with Gasteiger partial charge in [0.15, 0.2) is 6.61 Å². The maximum Gasteiger partial charge on any atom is 0.253 e. The lowest BCUT2D eigenvalue weighted by atomic mass is 9.97. The number of nitrogens with zero attached hydrogens (tertiary/aromatic N) is 2. The van der Waals surface area contributed by atoms with E-state index in [0.717, 1.165) is 11.3 Å². The predicted molar refractivity (Wildman–Crippen MR) is 71.7 cm³/mol. The molecular formula is C14H19N3O2. The van der Waals surface area contributed by atoms with Crippen molar-refractivity contribution in [3.63, 3.8) is 0 Å². The fourth-order valence-electron chi connectivity index (χ4n) is 1.48. The lowest BCUT2D eigenvalue weighted by Crippen LogP contribution is -2.11. The molecule has 19 heavy (non-hydrogen) atoms. The summed E-state index contributed by atoms with van der Waals surface area (Å²) in [5.74, 6) is 1.85. The van der Waals surface area contributed by atoms with E-state index >= 15 is 0 Å². The molecule has 0 radical (unpaired) electrons. The van der Waals surface area contributed by atoms with Crippen LogP contribution in [0.4, 0.5) is 0 Å². The molecule has 0 spiro atoms. The molecule has 1 heterocycles. The average Bonchev–Trinajstić information content (AvgIpc) is 2.86. The number of hydrogen-bond donors (Lipinski definition) is 1. The van der Waals surface area contributed by atoms with E-state index in [0.29, 0.717) is 18.3 Å². The molecular weight excluding hydrogens is 242 g/mol. The third-order valence-electron chi connectivity index (χ3n) is 2.63. The van der Waals surface area contributed by atoms with Gasteiger partial charge in [0.25, 0.3) is 5.89 Å². The van der Waals surface area contributed by atoms with Gasteiger partial charge in [-0.3, -0.25) is 0 Å². The van der Waals surface area contributed by atoms with Crippen molar-refractivity contribution in [2.45, 2.75) is 39.3 Å². The van der Waals surface area contributed by atoms with E-state index in [1.807, 2.05) is 45.0 Å². The summed E-state index contributed by atoms with van der Waals surface area (Å²) in [5, 5.41) is 7.98. The zero-order valence-corrected chi connectivity index (χ0v) is 11.5. The standard InChI is InChI=1S/C14H19N3O2/c1-14(2,3)13-17-16-12(19-13)9-18-11-6-4-10(8-15)5-7-11/h4-7H,8-9,15H2,1-3H3. The molecule has 5 heteroatoms. The second kappa shape index (κ2) is 5.40. The van der Waals surface area contributed by atoms with Crippen LogP contribution in [0.25, 0.3) is 0 Å². The Labute approximate surface area is 112 Å². The monoisotopic (exact) mass is 261 g/mol. The van der Waals surface area contributed by atoms with Gasteiger partial charge in [-0.05, 0) is 17.7 Å². The van der Waals surface area contributed by atoms with Crippen molar-refractivity contribution in [2.24, 2.45) is 5.73 Å². The Kier molecular flexibility index (Phi) is 3.85. The first-order valence-electron chi connectivity index (χ1n) is 6.23. The highest BCUT2D eigenvalue weighted by Crippen LogP contribution is 2.21. The molecule has 2 N–H and O–H groups in total. The van der Waals surface area contributed by atoms with Crippen LogP contribution in [-0.2, 0) is 18.6 Å². The Morgan fingerprint density at radius 1 is 1.16 bits per heavy atom. The Morgan fingerprint density at radius 3 is 2.37 bits per heavy atom. The lowest BCUT2D eigenvalue weighted by Gasteiger charge is -2.11. The number of benzene rings is 1. The molecule has 2 aromatic rings. The minimum Gasteiger partial charge on any atom is -0.484 e. The third kappa shape index (κ3) is 3.54. The molecule has 0 aliphatic rings. The molecule has 5 nitrogen and oxygen atoms in total. The molecule has 0 saturated heterocycles. The molecule has 0 unspecified atom stereocenters. The van der Waals surface area contributed by atoms with Crippen LogP contribution in [0.15, 0.2) is 28.7 Å². The van der Waals surface area contributed by atoms with Crippen LogP contribution in [0.3, 0.4) is 0 Å².